The van der Waals surface area contributed by atoms with E-state index in [9.17, 15) is 9.18 Å². The minimum Gasteiger partial charge on any atom is -0.444 e. The van der Waals surface area contributed by atoms with Crippen molar-refractivity contribution in [3.63, 3.8) is 0 Å². The largest absolute Gasteiger partial charge is 0.444 e. The topological polar surface area (TPSA) is 103 Å². The monoisotopic (exact) mass is 440 g/mol. The number of benzene rings is 1. The van der Waals surface area contributed by atoms with Crippen LogP contribution in [-0.2, 0) is 11.3 Å². The number of piperidine rings is 1. The van der Waals surface area contributed by atoms with Crippen LogP contribution in [0.15, 0.2) is 30.6 Å². The summed E-state index contributed by atoms with van der Waals surface area (Å²) in [7, 11) is 0. The van der Waals surface area contributed by atoms with Gasteiger partial charge in [-0.05, 0) is 64.3 Å². The molecule has 1 aromatic carbocycles. The van der Waals surface area contributed by atoms with Crippen molar-refractivity contribution < 1.29 is 13.9 Å². The summed E-state index contributed by atoms with van der Waals surface area (Å²) in [5.74, 6) is 0.437. The number of nitrogens with one attached hydrogen (secondary N) is 2. The van der Waals surface area contributed by atoms with E-state index in [1.54, 1.807) is 17.0 Å². The molecule has 1 aliphatic heterocycles. The highest BCUT2D eigenvalue weighted by atomic mass is 19.1. The number of nitriles is 1. The van der Waals surface area contributed by atoms with Gasteiger partial charge in [-0.15, -0.1) is 0 Å². The summed E-state index contributed by atoms with van der Waals surface area (Å²) < 4.78 is 19.5. The number of aromatic nitrogens is 2. The first kappa shape index (κ1) is 23.4. The zero-order chi connectivity index (χ0) is 23.1. The molecule has 1 fully saturated rings. The molecule has 3 rings (SSSR count). The summed E-state index contributed by atoms with van der Waals surface area (Å²) in [6.07, 6.45) is 3.02. The zero-order valence-corrected chi connectivity index (χ0v) is 18.7. The van der Waals surface area contributed by atoms with E-state index in [-0.39, 0.29) is 17.3 Å². The van der Waals surface area contributed by atoms with Gasteiger partial charge in [0.05, 0.1) is 23.0 Å². The Hall–Kier alpha value is -3.25. The molecule has 0 saturated carbocycles. The molecule has 1 amide bonds. The Kier molecular flexibility index (Phi) is 7.59. The number of likely N-dealkylation sites (tertiary alicyclic amines) is 1. The summed E-state index contributed by atoms with van der Waals surface area (Å²) >= 11 is 0. The fourth-order valence-electron chi connectivity index (χ4n) is 3.44. The molecule has 1 aromatic heterocycles. The lowest BCUT2D eigenvalue weighted by molar-refractivity contribution is 0.0184. The Morgan fingerprint density at radius 1 is 1.28 bits per heavy atom. The van der Waals surface area contributed by atoms with Crippen molar-refractivity contribution in [1.82, 2.24) is 20.2 Å². The third-order valence-corrected chi connectivity index (χ3v) is 5.09. The van der Waals surface area contributed by atoms with E-state index in [2.05, 4.69) is 20.6 Å². The molecular formula is C23H29FN6O2. The van der Waals surface area contributed by atoms with Gasteiger partial charge in [-0.3, -0.25) is 0 Å². The maximum Gasteiger partial charge on any atom is 0.410 e. The lowest BCUT2D eigenvalue weighted by Gasteiger charge is -2.33. The molecule has 0 spiro atoms. The van der Waals surface area contributed by atoms with E-state index in [1.165, 1.54) is 18.5 Å². The number of halogens is 1. The van der Waals surface area contributed by atoms with Crippen molar-refractivity contribution in [2.75, 3.05) is 25.0 Å². The van der Waals surface area contributed by atoms with Gasteiger partial charge >= 0.3 is 6.09 Å². The van der Waals surface area contributed by atoms with Gasteiger partial charge in [0.15, 0.2) is 0 Å². The van der Waals surface area contributed by atoms with Gasteiger partial charge in [0.1, 0.15) is 23.6 Å². The third-order valence-electron chi connectivity index (χ3n) is 5.09. The smallest absolute Gasteiger partial charge is 0.410 e. The fraction of sp³-hybridized carbons (Fsp3) is 0.478. The summed E-state index contributed by atoms with van der Waals surface area (Å²) in [5, 5.41) is 15.2. The maximum atomic E-state index is 14.1. The number of amides is 1. The first-order valence-electron chi connectivity index (χ1n) is 10.7. The van der Waals surface area contributed by atoms with Gasteiger partial charge in [-0.25, -0.2) is 19.2 Å². The van der Waals surface area contributed by atoms with Crippen LogP contribution in [0.4, 0.5) is 20.7 Å². The minimum absolute atomic E-state index is 0.247. The highest BCUT2D eigenvalue weighted by Crippen LogP contribution is 2.21. The molecule has 8 nitrogen and oxygen atoms in total. The Labute approximate surface area is 187 Å². The van der Waals surface area contributed by atoms with Crippen LogP contribution >= 0.6 is 0 Å². The van der Waals surface area contributed by atoms with E-state index >= 15 is 0 Å². The molecule has 0 atom stereocenters. The average Bonchev–Trinajstić information content (AvgIpc) is 2.75. The van der Waals surface area contributed by atoms with Crippen LogP contribution < -0.4 is 10.6 Å². The van der Waals surface area contributed by atoms with Crippen molar-refractivity contribution in [3.05, 3.63) is 47.7 Å². The third kappa shape index (κ3) is 6.89. The van der Waals surface area contributed by atoms with E-state index in [4.69, 9.17) is 10.00 Å². The van der Waals surface area contributed by atoms with E-state index in [0.717, 1.165) is 25.1 Å². The summed E-state index contributed by atoms with van der Waals surface area (Å²) in [4.78, 5) is 22.3. The molecule has 2 aromatic rings. The van der Waals surface area contributed by atoms with Gasteiger partial charge in [0, 0.05) is 25.7 Å². The number of anilines is 2. The fourth-order valence-corrected chi connectivity index (χ4v) is 3.44. The highest BCUT2D eigenvalue weighted by molar-refractivity contribution is 5.68. The van der Waals surface area contributed by atoms with Gasteiger partial charge in [-0.1, -0.05) is 0 Å². The molecule has 1 saturated heterocycles. The number of rotatable bonds is 6. The Morgan fingerprint density at radius 3 is 2.69 bits per heavy atom. The van der Waals surface area contributed by atoms with Gasteiger partial charge in [0.25, 0.3) is 0 Å². The minimum atomic E-state index is -0.514. The molecule has 2 heterocycles. The molecule has 170 valence electrons. The quantitative estimate of drug-likeness (QED) is 0.701. The Bertz CT molecular complexity index is 977. The Balaban J connectivity index is 1.44. The van der Waals surface area contributed by atoms with Crippen molar-refractivity contribution in [1.29, 1.82) is 5.26 Å². The molecule has 2 N–H and O–H groups in total. The second-order valence-electron chi connectivity index (χ2n) is 8.87. The van der Waals surface area contributed by atoms with E-state index in [1.807, 2.05) is 26.8 Å². The SMILES string of the molecule is CC(C)(C)OC(=O)N1CCC(CNCc2cc(Nc3ccc(C#N)cc3F)ncn2)CC1. The molecule has 1 aliphatic rings. The standard InChI is InChI=1S/C23H29FN6O2/c1-23(2,3)32-22(31)30-8-6-16(7-9-30)13-26-14-18-11-21(28-15-27-18)29-20-5-4-17(12-25)10-19(20)24/h4-5,10-11,15-16,26H,6-9,13-14H2,1-3H3,(H,27,28,29). The number of nitrogens with zero attached hydrogens (tertiary/aromatic N) is 4. The summed E-state index contributed by atoms with van der Waals surface area (Å²) in [6.45, 7) is 8.38. The maximum absolute atomic E-state index is 14.1. The van der Waals surface area contributed by atoms with Crippen LogP contribution in [-0.4, -0.2) is 46.2 Å². The molecular weight excluding hydrogens is 411 g/mol. The second-order valence-corrected chi connectivity index (χ2v) is 8.87. The van der Waals surface area contributed by atoms with Gasteiger partial charge in [-0.2, -0.15) is 5.26 Å². The molecule has 0 unspecified atom stereocenters. The normalized spacial score (nSPS) is 14.7. The number of carbonyl (C=O) groups excluding carboxylic acids is 1. The number of carbonyl (C=O) groups is 1. The van der Waals surface area contributed by atoms with Crippen LogP contribution in [0.25, 0.3) is 0 Å². The highest BCUT2D eigenvalue weighted by Gasteiger charge is 2.26. The summed E-state index contributed by atoms with van der Waals surface area (Å²) in [6, 6.07) is 7.90. The molecule has 9 heteroatoms. The average molecular weight is 441 g/mol. The van der Waals surface area contributed by atoms with Crippen molar-refractivity contribution in [2.45, 2.75) is 45.8 Å². The van der Waals surface area contributed by atoms with Crippen molar-refractivity contribution in [3.8, 4) is 6.07 Å². The molecule has 0 aliphatic carbocycles. The molecule has 32 heavy (non-hydrogen) atoms. The molecule has 0 radical (unpaired) electrons. The van der Waals surface area contributed by atoms with E-state index in [0.29, 0.717) is 31.4 Å². The predicted molar refractivity (Wildman–Crippen MR) is 119 cm³/mol. The van der Waals surface area contributed by atoms with E-state index < -0.39 is 11.4 Å². The first-order valence-corrected chi connectivity index (χ1v) is 10.7. The first-order chi connectivity index (χ1) is 15.2. The number of ether oxygens (including phenoxy) is 1. The van der Waals surface area contributed by atoms with Crippen LogP contribution in [0.3, 0.4) is 0 Å². The van der Waals surface area contributed by atoms with Gasteiger partial charge < -0.3 is 20.3 Å². The number of hydrogen-bond donors (Lipinski definition) is 2. The molecule has 0 bridgehead atoms. The van der Waals surface area contributed by atoms with Crippen LogP contribution in [0.2, 0.25) is 0 Å². The zero-order valence-electron chi connectivity index (χ0n) is 18.7. The van der Waals surface area contributed by atoms with Crippen molar-refractivity contribution in [2.24, 2.45) is 5.92 Å². The number of hydrogen-bond acceptors (Lipinski definition) is 7. The lowest BCUT2D eigenvalue weighted by atomic mass is 9.97. The van der Waals surface area contributed by atoms with Crippen molar-refractivity contribution >= 4 is 17.6 Å². The Morgan fingerprint density at radius 2 is 2.03 bits per heavy atom. The van der Waals surface area contributed by atoms with Crippen LogP contribution in [0, 0.1) is 23.1 Å². The van der Waals surface area contributed by atoms with Gasteiger partial charge in [0.2, 0.25) is 0 Å². The summed E-state index contributed by atoms with van der Waals surface area (Å²) in [5.41, 5.74) is 0.811. The second kappa shape index (κ2) is 10.4. The lowest BCUT2D eigenvalue weighted by Crippen LogP contribution is -2.43. The van der Waals surface area contributed by atoms with Crippen LogP contribution in [0.1, 0.15) is 44.9 Å². The predicted octanol–water partition coefficient (Wildman–Crippen LogP) is 3.97. The van der Waals surface area contributed by atoms with Crippen LogP contribution in [0.5, 0.6) is 0 Å².